The average molecular weight is 368 g/mol. The molecule has 1 amide bonds. The summed E-state index contributed by atoms with van der Waals surface area (Å²) < 4.78 is 14.6. The number of nitrogens with zero attached hydrogens (tertiary/aromatic N) is 3. The summed E-state index contributed by atoms with van der Waals surface area (Å²) in [4.78, 5) is 25.2. The molecule has 2 aromatic rings. The first kappa shape index (κ1) is 18.8. The number of carbonyl (C=O) groups is 2. The van der Waals surface area contributed by atoms with E-state index >= 15 is 0 Å². The van der Waals surface area contributed by atoms with Crippen LogP contribution in [0.5, 0.6) is 0 Å². The van der Waals surface area contributed by atoms with Crippen LogP contribution in [-0.4, -0.2) is 27.5 Å². The zero-order valence-corrected chi connectivity index (χ0v) is 15.1. The fourth-order valence-corrected chi connectivity index (χ4v) is 3.42. The van der Waals surface area contributed by atoms with Crippen molar-refractivity contribution in [1.82, 2.24) is 15.1 Å². The largest absolute Gasteiger partial charge is 0.352 e. The number of hydrogen-bond donors (Lipinski definition) is 1. The number of nitriles is 1. The van der Waals surface area contributed by atoms with Gasteiger partial charge in [0.25, 0.3) is 0 Å². The topological polar surface area (TPSA) is 87.8 Å². The number of Topliss-reactive ketones (excluding diaryl/α,β-unsaturated/α-hetero) is 1. The molecule has 0 saturated heterocycles. The molecule has 1 aliphatic rings. The Morgan fingerprint density at radius 2 is 1.93 bits per heavy atom. The van der Waals surface area contributed by atoms with Gasteiger partial charge in [-0.1, -0.05) is 19.3 Å². The Morgan fingerprint density at radius 1 is 1.26 bits per heavy atom. The fraction of sp³-hybridized carbons (Fsp3) is 0.400. The molecule has 7 heteroatoms. The number of halogens is 1. The maximum Gasteiger partial charge on any atom is 0.245 e. The Labute approximate surface area is 157 Å². The number of benzene rings is 1. The van der Waals surface area contributed by atoms with Crippen LogP contribution < -0.4 is 5.32 Å². The molecule has 3 rings (SSSR count). The maximum absolute atomic E-state index is 13.1. The summed E-state index contributed by atoms with van der Waals surface area (Å²) in [5.41, 5.74) is 1.30. The average Bonchev–Trinajstić information content (AvgIpc) is 3.05. The van der Waals surface area contributed by atoms with Crippen LogP contribution in [-0.2, 0) is 4.79 Å². The second kappa shape index (κ2) is 8.12. The summed E-state index contributed by atoms with van der Waals surface area (Å²) in [7, 11) is 0. The Hall–Kier alpha value is -3.01. The Bertz CT molecular complexity index is 876. The predicted molar refractivity (Wildman–Crippen MR) is 96.7 cm³/mol. The minimum absolute atomic E-state index is 0.0259. The lowest BCUT2D eigenvalue weighted by molar-refractivity contribution is -0.123. The van der Waals surface area contributed by atoms with Gasteiger partial charge >= 0.3 is 0 Å². The third-order valence-electron chi connectivity index (χ3n) is 4.95. The molecule has 1 fully saturated rings. The third kappa shape index (κ3) is 4.05. The van der Waals surface area contributed by atoms with E-state index in [2.05, 4.69) is 10.4 Å². The highest BCUT2D eigenvalue weighted by molar-refractivity contribution is 6.12. The molecule has 0 spiro atoms. The summed E-state index contributed by atoms with van der Waals surface area (Å²) in [6.45, 7) is 1.68. The predicted octanol–water partition coefficient (Wildman–Crippen LogP) is 3.09. The number of amides is 1. The smallest absolute Gasteiger partial charge is 0.245 e. The van der Waals surface area contributed by atoms with Crippen LogP contribution in [0.2, 0.25) is 0 Å². The van der Waals surface area contributed by atoms with Crippen molar-refractivity contribution in [3.63, 3.8) is 0 Å². The van der Waals surface area contributed by atoms with E-state index in [4.69, 9.17) is 0 Å². The zero-order chi connectivity index (χ0) is 19.4. The maximum atomic E-state index is 13.1. The van der Waals surface area contributed by atoms with Gasteiger partial charge in [-0.05, 0) is 44.0 Å². The van der Waals surface area contributed by atoms with Gasteiger partial charge in [-0.2, -0.15) is 10.4 Å². The molecule has 1 N–H and O–H groups in total. The van der Waals surface area contributed by atoms with Crippen molar-refractivity contribution < 1.29 is 14.0 Å². The first-order valence-electron chi connectivity index (χ1n) is 9.06. The molecular weight excluding hydrogens is 347 g/mol. The highest BCUT2D eigenvalue weighted by Gasteiger charge is 2.31. The fourth-order valence-electron chi connectivity index (χ4n) is 3.42. The summed E-state index contributed by atoms with van der Waals surface area (Å²) in [6, 6.07) is 7.54. The molecule has 0 radical (unpaired) electrons. The van der Waals surface area contributed by atoms with Crippen LogP contribution in [0.3, 0.4) is 0 Å². The Morgan fingerprint density at radius 3 is 2.56 bits per heavy atom. The minimum Gasteiger partial charge on any atom is -0.352 e. The molecular formula is C20H21FN4O2. The van der Waals surface area contributed by atoms with Gasteiger partial charge in [0.1, 0.15) is 5.82 Å². The van der Waals surface area contributed by atoms with Crippen molar-refractivity contribution in [2.45, 2.75) is 45.1 Å². The first-order chi connectivity index (χ1) is 13.0. The molecule has 1 aromatic carbocycles. The number of hydrogen-bond acceptors (Lipinski definition) is 4. The van der Waals surface area contributed by atoms with E-state index in [1.807, 2.05) is 6.07 Å². The van der Waals surface area contributed by atoms with Gasteiger partial charge in [0, 0.05) is 6.04 Å². The summed E-state index contributed by atoms with van der Waals surface area (Å²) in [5.74, 6) is -2.90. The molecule has 1 aliphatic carbocycles. The lowest BCUT2D eigenvalue weighted by Gasteiger charge is -2.23. The molecule has 27 heavy (non-hydrogen) atoms. The lowest BCUT2D eigenvalue weighted by Crippen LogP contribution is -2.42. The monoisotopic (exact) mass is 368 g/mol. The van der Waals surface area contributed by atoms with Crippen LogP contribution in [0.15, 0.2) is 30.5 Å². The van der Waals surface area contributed by atoms with Crippen LogP contribution >= 0.6 is 0 Å². The van der Waals surface area contributed by atoms with E-state index in [1.54, 1.807) is 19.1 Å². The van der Waals surface area contributed by atoms with Gasteiger partial charge in [0.05, 0.1) is 29.2 Å². The van der Waals surface area contributed by atoms with Gasteiger partial charge in [-0.3, -0.25) is 9.59 Å². The van der Waals surface area contributed by atoms with Crippen LogP contribution in [0, 0.1) is 30.0 Å². The molecule has 0 bridgehead atoms. The summed E-state index contributed by atoms with van der Waals surface area (Å²) in [6.07, 6.45) is 6.33. The molecule has 1 atom stereocenters. The van der Waals surface area contributed by atoms with Gasteiger partial charge < -0.3 is 5.32 Å². The SMILES string of the molecule is Cc1c(C(=O)C(C#N)C(=O)NC2CCCCC2)cnn1-c1ccc(F)cc1. The number of carbonyl (C=O) groups excluding carboxylic acids is 2. The molecule has 0 aliphatic heterocycles. The van der Waals surface area contributed by atoms with E-state index in [0.29, 0.717) is 11.4 Å². The zero-order valence-electron chi connectivity index (χ0n) is 15.1. The van der Waals surface area contributed by atoms with Gasteiger partial charge in [0.15, 0.2) is 11.7 Å². The number of rotatable bonds is 5. The van der Waals surface area contributed by atoms with Crippen molar-refractivity contribution in [1.29, 1.82) is 5.26 Å². The number of nitrogens with one attached hydrogen (secondary N) is 1. The highest BCUT2D eigenvalue weighted by Crippen LogP contribution is 2.20. The minimum atomic E-state index is -1.41. The molecule has 6 nitrogen and oxygen atoms in total. The van der Waals surface area contributed by atoms with Crippen molar-refractivity contribution in [3.8, 4) is 11.8 Å². The van der Waals surface area contributed by atoms with Crippen molar-refractivity contribution in [2.24, 2.45) is 5.92 Å². The summed E-state index contributed by atoms with van der Waals surface area (Å²) in [5, 5.41) is 16.4. The second-order valence-electron chi connectivity index (χ2n) is 6.80. The van der Waals surface area contributed by atoms with Gasteiger partial charge in [-0.15, -0.1) is 0 Å². The van der Waals surface area contributed by atoms with Crippen LogP contribution in [0.1, 0.15) is 48.2 Å². The highest BCUT2D eigenvalue weighted by atomic mass is 19.1. The van der Waals surface area contributed by atoms with E-state index in [9.17, 15) is 19.2 Å². The van der Waals surface area contributed by atoms with E-state index in [0.717, 1.165) is 32.1 Å². The third-order valence-corrected chi connectivity index (χ3v) is 4.95. The van der Waals surface area contributed by atoms with Crippen molar-refractivity contribution in [2.75, 3.05) is 0 Å². The number of ketones is 1. The molecule has 1 heterocycles. The standard InChI is InChI=1S/C20H21FN4O2/c1-13-18(12-23-25(13)16-9-7-14(21)8-10-16)19(26)17(11-22)20(27)24-15-5-3-2-4-6-15/h7-10,12,15,17H,2-6H2,1H3,(H,24,27). The van der Waals surface area contributed by atoms with Crippen molar-refractivity contribution in [3.05, 3.63) is 47.5 Å². The first-order valence-corrected chi connectivity index (χ1v) is 9.06. The van der Waals surface area contributed by atoms with E-state index in [1.165, 1.54) is 23.0 Å². The van der Waals surface area contributed by atoms with Crippen molar-refractivity contribution >= 4 is 11.7 Å². The lowest BCUT2D eigenvalue weighted by atomic mass is 9.93. The summed E-state index contributed by atoms with van der Waals surface area (Å²) >= 11 is 0. The molecule has 140 valence electrons. The molecule has 1 unspecified atom stereocenters. The molecule has 1 saturated carbocycles. The Balaban J connectivity index is 1.78. The van der Waals surface area contributed by atoms with E-state index < -0.39 is 17.6 Å². The normalized spacial score (nSPS) is 15.7. The second-order valence-corrected chi connectivity index (χ2v) is 6.80. The van der Waals surface area contributed by atoms with Gasteiger partial charge in [0.2, 0.25) is 5.91 Å². The van der Waals surface area contributed by atoms with Crippen LogP contribution in [0.4, 0.5) is 4.39 Å². The van der Waals surface area contributed by atoms with Crippen LogP contribution in [0.25, 0.3) is 5.69 Å². The van der Waals surface area contributed by atoms with Gasteiger partial charge in [-0.25, -0.2) is 9.07 Å². The molecule has 1 aromatic heterocycles. The van der Waals surface area contributed by atoms with E-state index in [-0.39, 0.29) is 17.4 Å². The number of aromatic nitrogens is 2. The Kier molecular flexibility index (Phi) is 5.65. The quantitative estimate of drug-likeness (QED) is 0.649.